The van der Waals surface area contributed by atoms with E-state index in [0.29, 0.717) is 6.42 Å². The molecule has 17 heavy (non-hydrogen) atoms. The largest absolute Gasteiger partial charge is 0.466 e. The lowest BCUT2D eigenvalue weighted by molar-refractivity contribution is -0.147. The standard InChI is InChI=1S/C13H22O4/c1-5-6-7-8-9-12(17-11(3)14)10(2)13(15)16-4/h12H,2,5-9H2,1,3-4H3. The van der Waals surface area contributed by atoms with E-state index in [1.54, 1.807) is 0 Å². The molecule has 0 amide bonds. The summed E-state index contributed by atoms with van der Waals surface area (Å²) in [4.78, 5) is 22.3. The molecule has 0 rings (SSSR count). The van der Waals surface area contributed by atoms with Crippen LogP contribution in [0.4, 0.5) is 0 Å². The first-order valence-corrected chi connectivity index (χ1v) is 5.97. The molecule has 0 saturated heterocycles. The zero-order valence-electron chi connectivity index (χ0n) is 11.0. The molecule has 0 aromatic heterocycles. The maximum atomic E-state index is 11.3. The Balaban J connectivity index is 4.27. The van der Waals surface area contributed by atoms with Crippen LogP contribution in [0.2, 0.25) is 0 Å². The van der Waals surface area contributed by atoms with Gasteiger partial charge < -0.3 is 9.47 Å². The van der Waals surface area contributed by atoms with Crippen LogP contribution in [0.15, 0.2) is 12.2 Å². The summed E-state index contributed by atoms with van der Waals surface area (Å²) in [6.07, 6.45) is 4.29. The van der Waals surface area contributed by atoms with Crippen molar-refractivity contribution in [1.29, 1.82) is 0 Å². The molecule has 98 valence electrons. The van der Waals surface area contributed by atoms with Gasteiger partial charge in [-0.3, -0.25) is 4.79 Å². The second-order valence-electron chi connectivity index (χ2n) is 3.96. The van der Waals surface area contributed by atoms with Crippen molar-refractivity contribution in [1.82, 2.24) is 0 Å². The topological polar surface area (TPSA) is 52.6 Å². The van der Waals surface area contributed by atoms with Crippen molar-refractivity contribution in [3.63, 3.8) is 0 Å². The Hall–Kier alpha value is -1.32. The van der Waals surface area contributed by atoms with Crippen molar-refractivity contribution in [2.75, 3.05) is 7.11 Å². The van der Waals surface area contributed by atoms with Gasteiger partial charge in [-0.15, -0.1) is 0 Å². The number of hydrogen-bond acceptors (Lipinski definition) is 4. The highest BCUT2D eigenvalue weighted by molar-refractivity contribution is 5.89. The first-order chi connectivity index (χ1) is 8.02. The lowest BCUT2D eigenvalue weighted by Crippen LogP contribution is -2.24. The molecule has 1 unspecified atom stereocenters. The molecule has 0 radical (unpaired) electrons. The summed E-state index contributed by atoms with van der Waals surface area (Å²) < 4.78 is 9.65. The Morgan fingerprint density at radius 1 is 1.24 bits per heavy atom. The van der Waals surface area contributed by atoms with Crippen LogP contribution in [0.5, 0.6) is 0 Å². The highest BCUT2D eigenvalue weighted by Crippen LogP contribution is 2.15. The molecule has 4 nitrogen and oxygen atoms in total. The van der Waals surface area contributed by atoms with Crippen molar-refractivity contribution in [3.8, 4) is 0 Å². The van der Waals surface area contributed by atoms with Crippen molar-refractivity contribution >= 4 is 11.9 Å². The minimum Gasteiger partial charge on any atom is -0.466 e. The SMILES string of the molecule is C=C(C(=O)OC)C(CCCCCC)OC(C)=O. The molecular weight excluding hydrogens is 220 g/mol. The summed E-state index contributed by atoms with van der Waals surface area (Å²) >= 11 is 0. The summed E-state index contributed by atoms with van der Waals surface area (Å²) in [5.74, 6) is -0.928. The number of methoxy groups -OCH3 is 1. The number of unbranched alkanes of at least 4 members (excludes halogenated alkanes) is 3. The minimum atomic E-state index is -0.559. The van der Waals surface area contributed by atoms with E-state index in [9.17, 15) is 9.59 Å². The third-order valence-corrected chi connectivity index (χ3v) is 2.46. The smallest absolute Gasteiger partial charge is 0.336 e. The average Bonchev–Trinajstić information content (AvgIpc) is 2.30. The van der Waals surface area contributed by atoms with Crippen molar-refractivity contribution in [2.45, 2.75) is 52.1 Å². The molecule has 0 fully saturated rings. The van der Waals surface area contributed by atoms with Gasteiger partial charge in [-0.25, -0.2) is 4.79 Å². The van der Waals surface area contributed by atoms with Crippen LogP contribution < -0.4 is 0 Å². The molecular formula is C13H22O4. The number of ether oxygens (including phenoxy) is 2. The van der Waals surface area contributed by atoms with Gasteiger partial charge >= 0.3 is 11.9 Å². The Morgan fingerprint density at radius 3 is 2.35 bits per heavy atom. The first-order valence-electron chi connectivity index (χ1n) is 5.97. The van der Waals surface area contributed by atoms with Crippen LogP contribution in [-0.4, -0.2) is 25.2 Å². The average molecular weight is 242 g/mol. The number of hydrogen-bond donors (Lipinski definition) is 0. The monoisotopic (exact) mass is 242 g/mol. The normalized spacial score (nSPS) is 11.7. The molecule has 0 aromatic rings. The minimum absolute atomic E-state index is 0.208. The van der Waals surface area contributed by atoms with Gasteiger partial charge in [0, 0.05) is 6.92 Å². The molecule has 0 saturated carbocycles. The zero-order valence-corrected chi connectivity index (χ0v) is 11.0. The number of carbonyl (C=O) groups excluding carboxylic acids is 2. The molecule has 1 atom stereocenters. The maximum Gasteiger partial charge on any atom is 0.336 e. The maximum absolute atomic E-state index is 11.3. The number of esters is 2. The van der Waals surface area contributed by atoms with E-state index in [1.807, 2.05) is 0 Å². The summed E-state index contributed by atoms with van der Waals surface area (Å²) in [5, 5.41) is 0. The second kappa shape index (κ2) is 8.79. The quantitative estimate of drug-likeness (QED) is 0.373. The third kappa shape index (κ3) is 6.76. The van der Waals surface area contributed by atoms with E-state index in [4.69, 9.17) is 4.74 Å². The Kier molecular flexibility index (Phi) is 8.11. The third-order valence-electron chi connectivity index (χ3n) is 2.46. The summed E-state index contributed by atoms with van der Waals surface area (Å²) in [6.45, 7) is 7.07. The second-order valence-corrected chi connectivity index (χ2v) is 3.96. The van der Waals surface area contributed by atoms with Crippen molar-refractivity contribution < 1.29 is 19.1 Å². The fourth-order valence-corrected chi connectivity index (χ4v) is 1.52. The Morgan fingerprint density at radius 2 is 1.88 bits per heavy atom. The molecule has 0 heterocycles. The van der Waals surface area contributed by atoms with Gasteiger partial charge in [-0.2, -0.15) is 0 Å². The fourth-order valence-electron chi connectivity index (χ4n) is 1.52. The van der Waals surface area contributed by atoms with Gasteiger partial charge in [0.25, 0.3) is 0 Å². The van der Waals surface area contributed by atoms with Crippen LogP contribution in [0.25, 0.3) is 0 Å². The van der Waals surface area contributed by atoms with Gasteiger partial charge in [0.15, 0.2) is 0 Å². The zero-order chi connectivity index (χ0) is 13.3. The van der Waals surface area contributed by atoms with Crippen LogP contribution >= 0.6 is 0 Å². The van der Waals surface area contributed by atoms with Crippen LogP contribution in [0, 0.1) is 0 Å². The van der Waals surface area contributed by atoms with Gasteiger partial charge in [-0.05, 0) is 12.8 Å². The van der Waals surface area contributed by atoms with Gasteiger partial charge in [0.05, 0.1) is 12.7 Å². The summed E-state index contributed by atoms with van der Waals surface area (Å²) in [6, 6.07) is 0. The van der Waals surface area contributed by atoms with Crippen LogP contribution in [0.3, 0.4) is 0 Å². The highest BCUT2D eigenvalue weighted by atomic mass is 16.6. The lowest BCUT2D eigenvalue weighted by atomic mass is 10.0. The Labute approximate surface area is 103 Å². The summed E-state index contributed by atoms with van der Waals surface area (Å²) in [7, 11) is 1.29. The highest BCUT2D eigenvalue weighted by Gasteiger charge is 2.21. The lowest BCUT2D eigenvalue weighted by Gasteiger charge is -2.17. The van der Waals surface area contributed by atoms with E-state index in [1.165, 1.54) is 14.0 Å². The van der Waals surface area contributed by atoms with E-state index in [2.05, 4.69) is 18.2 Å². The van der Waals surface area contributed by atoms with Crippen LogP contribution in [0.1, 0.15) is 46.0 Å². The molecule has 0 bridgehead atoms. The predicted molar refractivity (Wildman–Crippen MR) is 65.5 cm³/mol. The molecule has 0 aromatic carbocycles. The molecule has 0 N–H and O–H groups in total. The predicted octanol–water partition coefficient (Wildman–Crippen LogP) is 2.62. The molecule has 0 spiro atoms. The van der Waals surface area contributed by atoms with Crippen molar-refractivity contribution in [2.24, 2.45) is 0 Å². The van der Waals surface area contributed by atoms with E-state index in [0.717, 1.165) is 25.7 Å². The number of carbonyl (C=O) groups is 2. The van der Waals surface area contributed by atoms with E-state index >= 15 is 0 Å². The fraction of sp³-hybridized carbons (Fsp3) is 0.692. The van der Waals surface area contributed by atoms with Crippen LogP contribution in [-0.2, 0) is 19.1 Å². The van der Waals surface area contributed by atoms with Gasteiger partial charge in [0.1, 0.15) is 6.10 Å². The first kappa shape index (κ1) is 15.7. The molecule has 0 aliphatic heterocycles. The van der Waals surface area contributed by atoms with Gasteiger partial charge in [0.2, 0.25) is 0 Å². The number of rotatable bonds is 8. The van der Waals surface area contributed by atoms with E-state index in [-0.39, 0.29) is 5.57 Å². The molecule has 0 aliphatic rings. The molecule has 0 aliphatic carbocycles. The van der Waals surface area contributed by atoms with Crippen molar-refractivity contribution in [3.05, 3.63) is 12.2 Å². The van der Waals surface area contributed by atoms with E-state index < -0.39 is 18.0 Å². The molecule has 4 heteroatoms. The summed E-state index contributed by atoms with van der Waals surface area (Å²) in [5.41, 5.74) is 0.208. The Bertz CT molecular complexity index is 271. The van der Waals surface area contributed by atoms with Gasteiger partial charge in [-0.1, -0.05) is 32.8 Å².